The number of epoxide rings is 1. The molecule has 0 amide bonds. The molecule has 3 aliphatic carbocycles. The number of furan rings is 1. The summed E-state index contributed by atoms with van der Waals surface area (Å²) in [5.41, 5.74) is -2.83. The normalized spacial score (nSPS) is 43.3. The van der Waals surface area contributed by atoms with Crippen LogP contribution in [0.3, 0.4) is 0 Å². The monoisotopic (exact) mass is 654 g/mol. The minimum atomic E-state index is -0.996. The number of rotatable bonds is 6. The average molecular weight is 655 g/mol. The molecule has 0 radical (unpaired) electrons. The van der Waals surface area contributed by atoms with Crippen molar-refractivity contribution in [2.45, 2.75) is 136 Å². The van der Waals surface area contributed by atoms with E-state index in [4.69, 9.17) is 28.1 Å². The number of hydrogen-bond donors (Lipinski definition) is 0. The van der Waals surface area contributed by atoms with Gasteiger partial charge in [-0.3, -0.25) is 14.4 Å². The molecule has 0 unspecified atom stereocenters. The van der Waals surface area contributed by atoms with Gasteiger partial charge in [0.2, 0.25) is 0 Å². The van der Waals surface area contributed by atoms with Crippen molar-refractivity contribution in [2.75, 3.05) is 0 Å². The van der Waals surface area contributed by atoms with Crippen molar-refractivity contribution >= 4 is 23.9 Å². The smallest absolute Gasteiger partial charge is 0.333 e. The maximum Gasteiger partial charge on any atom is 0.333 e. The van der Waals surface area contributed by atoms with Crippen molar-refractivity contribution in [3.8, 4) is 0 Å². The predicted molar refractivity (Wildman–Crippen MR) is 169 cm³/mol. The van der Waals surface area contributed by atoms with E-state index in [0.717, 1.165) is 5.56 Å². The van der Waals surface area contributed by atoms with Crippen LogP contribution in [0.4, 0.5) is 0 Å². The lowest BCUT2D eigenvalue weighted by molar-refractivity contribution is -0.284. The van der Waals surface area contributed by atoms with Gasteiger partial charge in [-0.25, -0.2) is 4.79 Å². The summed E-state index contributed by atoms with van der Waals surface area (Å²) >= 11 is 0. The van der Waals surface area contributed by atoms with Gasteiger partial charge in [0.25, 0.3) is 0 Å². The molecule has 5 aliphatic rings. The molecule has 3 saturated carbocycles. The highest BCUT2D eigenvalue weighted by atomic mass is 16.6. The van der Waals surface area contributed by atoms with E-state index < -0.39 is 69.6 Å². The molecule has 2 saturated heterocycles. The Balaban J connectivity index is 1.61. The largest absolute Gasteiger partial charge is 0.472 e. The zero-order valence-electron chi connectivity index (χ0n) is 29.3. The first kappa shape index (κ1) is 33.7. The van der Waals surface area contributed by atoms with Crippen molar-refractivity contribution < 1.29 is 47.3 Å². The number of esters is 4. The van der Waals surface area contributed by atoms with Crippen molar-refractivity contribution in [2.24, 2.45) is 34.0 Å². The van der Waals surface area contributed by atoms with Gasteiger partial charge >= 0.3 is 23.9 Å². The summed E-state index contributed by atoms with van der Waals surface area (Å²) in [6.45, 7) is 18.6. The molecule has 258 valence electrons. The van der Waals surface area contributed by atoms with Crippen LogP contribution in [-0.2, 0) is 42.9 Å². The Morgan fingerprint density at radius 3 is 2.17 bits per heavy atom. The van der Waals surface area contributed by atoms with E-state index in [-0.39, 0.29) is 36.2 Å². The van der Waals surface area contributed by atoms with Crippen molar-refractivity contribution in [1.29, 1.82) is 0 Å². The van der Waals surface area contributed by atoms with Crippen molar-refractivity contribution in [3.63, 3.8) is 0 Å². The van der Waals surface area contributed by atoms with Gasteiger partial charge in [-0.1, -0.05) is 40.7 Å². The number of cyclic esters (lactones) is 1. The lowest BCUT2D eigenvalue weighted by atomic mass is 9.37. The molecule has 1 aromatic rings. The number of carbonyl (C=O) groups excluding carboxylic acids is 4. The van der Waals surface area contributed by atoms with Crippen LogP contribution in [0.15, 0.2) is 34.7 Å². The van der Waals surface area contributed by atoms with Crippen molar-refractivity contribution in [1.82, 2.24) is 0 Å². The third-order valence-corrected chi connectivity index (χ3v) is 13.2. The second-order valence-corrected chi connectivity index (χ2v) is 16.0. The third-order valence-electron chi connectivity index (χ3n) is 13.2. The molecule has 5 fully saturated rings. The molecular weight excluding hydrogens is 604 g/mol. The Bertz CT molecular complexity index is 1490. The minimum absolute atomic E-state index is 0.0679. The number of hydrogen-bond acceptors (Lipinski definition) is 10. The molecule has 2 aliphatic heterocycles. The SMILES string of the molecule is C/C=C(\C)C(=O)O[C@@H]1C[C@@H]2C(C)(C)OC(=O)C[C@H](OC(C)=O)[C@]2(C)[C@@H]2C[C@H](OC(=O)C(C)C)[C@]3(C)[C@H](c4ccoc4)C[C@@H]4O[C@@]43[C@@]12C. The van der Waals surface area contributed by atoms with Crippen LogP contribution in [0, 0.1) is 34.0 Å². The Kier molecular flexibility index (Phi) is 7.85. The van der Waals surface area contributed by atoms with Crippen LogP contribution >= 0.6 is 0 Å². The first-order valence-corrected chi connectivity index (χ1v) is 17.0. The number of allylic oxidation sites excluding steroid dienone is 1. The molecule has 11 atom stereocenters. The highest BCUT2D eigenvalue weighted by Crippen LogP contribution is 2.82. The van der Waals surface area contributed by atoms with Gasteiger partial charge in [0.1, 0.15) is 29.5 Å². The Hall–Kier alpha value is -3.14. The van der Waals surface area contributed by atoms with Crippen LogP contribution in [0.25, 0.3) is 0 Å². The van der Waals surface area contributed by atoms with Gasteiger partial charge in [-0.05, 0) is 64.5 Å². The lowest BCUT2D eigenvalue weighted by Gasteiger charge is -2.68. The van der Waals surface area contributed by atoms with E-state index in [0.29, 0.717) is 24.8 Å². The van der Waals surface area contributed by atoms with E-state index in [9.17, 15) is 19.2 Å². The van der Waals surface area contributed by atoms with Gasteiger partial charge in [0.15, 0.2) is 0 Å². The first-order chi connectivity index (χ1) is 21.9. The first-order valence-electron chi connectivity index (χ1n) is 17.0. The lowest BCUT2D eigenvalue weighted by Crippen LogP contribution is -2.74. The van der Waals surface area contributed by atoms with Crippen LogP contribution in [0.2, 0.25) is 0 Å². The summed E-state index contributed by atoms with van der Waals surface area (Å²) in [6, 6.07) is 1.96. The third kappa shape index (κ3) is 4.52. The standard InChI is InChI=1S/C37H50O10/c1-11-20(4)32(41)45-28-15-24-33(6,7)47-30(39)17-26(43-21(5)38)34(24,8)25-16-27(44-31(40)19(2)3)35(9)23(22-12-13-42-18-22)14-29-37(35,46-29)36(25,28)10/h11-13,18-19,23-29H,14-17H2,1-10H3/b20-11+/t23-,24+,25-,26-,27-,28+,29-,34-,35-,36+,37-/m0/s1. The highest BCUT2D eigenvalue weighted by Gasteiger charge is 2.90. The highest BCUT2D eigenvalue weighted by molar-refractivity contribution is 5.87. The van der Waals surface area contributed by atoms with E-state index in [1.807, 2.05) is 33.8 Å². The molecular formula is C37H50O10. The molecule has 1 aromatic heterocycles. The summed E-state index contributed by atoms with van der Waals surface area (Å²) < 4.78 is 37.8. The summed E-state index contributed by atoms with van der Waals surface area (Å²) in [4.78, 5) is 53.2. The zero-order chi connectivity index (χ0) is 34.5. The van der Waals surface area contributed by atoms with Crippen LogP contribution in [0.1, 0.15) is 106 Å². The minimum Gasteiger partial charge on any atom is -0.472 e. The quantitative estimate of drug-likeness (QED) is 0.154. The fourth-order valence-corrected chi connectivity index (χ4v) is 10.9. The van der Waals surface area contributed by atoms with E-state index in [2.05, 4.69) is 20.8 Å². The average Bonchev–Trinajstić information content (AvgIpc) is 3.35. The Morgan fingerprint density at radius 1 is 0.915 bits per heavy atom. The Morgan fingerprint density at radius 2 is 1.57 bits per heavy atom. The summed E-state index contributed by atoms with van der Waals surface area (Å²) in [5.74, 6) is -2.90. The number of fused-ring (bicyclic) bond motifs is 3. The number of carbonyl (C=O) groups is 4. The second kappa shape index (κ2) is 10.9. The van der Waals surface area contributed by atoms with Crippen molar-refractivity contribution in [3.05, 3.63) is 35.8 Å². The predicted octanol–water partition coefficient (Wildman–Crippen LogP) is 6.07. The Labute approximate surface area is 277 Å². The summed E-state index contributed by atoms with van der Waals surface area (Å²) in [7, 11) is 0. The van der Waals surface area contributed by atoms with E-state index in [1.54, 1.807) is 32.4 Å². The molecule has 0 bridgehead atoms. The zero-order valence-corrected chi connectivity index (χ0v) is 29.3. The van der Waals surface area contributed by atoms with E-state index >= 15 is 0 Å². The van der Waals surface area contributed by atoms with Crippen LogP contribution in [0.5, 0.6) is 0 Å². The topological polar surface area (TPSA) is 131 Å². The van der Waals surface area contributed by atoms with Gasteiger partial charge in [0.05, 0.1) is 31.0 Å². The molecule has 1 spiro atoms. The maximum atomic E-state index is 13.6. The van der Waals surface area contributed by atoms with Gasteiger partial charge in [-0.15, -0.1) is 0 Å². The maximum absolute atomic E-state index is 13.6. The summed E-state index contributed by atoms with van der Waals surface area (Å²) in [5, 5.41) is 0. The molecule has 10 heteroatoms. The molecule has 3 heterocycles. The fraction of sp³-hybridized carbons (Fsp3) is 0.730. The molecule has 6 rings (SSSR count). The molecule has 0 N–H and O–H groups in total. The second-order valence-electron chi connectivity index (χ2n) is 16.0. The fourth-order valence-electron chi connectivity index (χ4n) is 10.9. The van der Waals surface area contributed by atoms with E-state index in [1.165, 1.54) is 6.92 Å². The van der Waals surface area contributed by atoms with Gasteiger partial charge in [-0.2, -0.15) is 0 Å². The molecule has 10 nitrogen and oxygen atoms in total. The van der Waals surface area contributed by atoms with Crippen LogP contribution < -0.4 is 0 Å². The molecule has 47 heavy (non-hydrogen) atoms. The number of ether oxygens (including phenoxy) is 5. The van der Waals surface area contributed by atoms with Gasteiger partial charge in [0, 0.05) is 40.6 Å². The summed E-state index contributed by atoms with van der Waals surface area (Å²) in [6.07, 6.45) is 4.12. The van der Waals surface area contributed by atoms with Gasteiger partial charge < -0.3 is 28.1 Å². The molecule has 0 aromatic carbocycles. The van der Waals surface area contributed by atoms with Crippen LogP contribution in [-0.4, -0.2) is 59.5 Å².